The van der Waals surface area contributed by atoms with Crippen LogP contribution in [0, 0.1) is 5.92 Å². The van der Waals surface area contributed by atoms with Gasteiger partial charge in [-0.1, -0.05) is 26.0 Å². The second-order valence-corrected chi connectivity index (χ2v) is 4.92. The Hall–Kier alpha value is -2.12. The summed E-state index contributed by atoms with van der Waals surface area (Å²) in [6.45, 7) is 3.55. The van der Waals surface area contributed by atoms with Gasteiger partial charge in [-0.05, 0) is 30.0 Å². The molecule has 0 aliphatic heterocycles. The lowest BCUT2D eigenvalue weighted by Gasteiger charge is -2.07. The van der Waals surface area contributed by atoms with Crippen LogP contribution in [0.3, 0.4) is 0 Å². The number of hydrogen-bond acceptors (Lipinski definition) is 5. The molecule has 118 valence electrons. The van der Waals surface area contributed by atoms with Crippen molar-refractivity contribution in [1.29, 1.82) is 0 Å². The third kappa shape index (κ3) is 7.91. The number of aromatic hydroxyl groups is 1. The smallest absolute Gasteiger partial charge is 0.320 e. The second-order valence-electron chi connectivity index (χ2n) is 4.92. The lowest BCUT2D eigenvalue weighted by molar-refractivity contribution is -0.140. The van der Waals surface area contributed by atoms with Crippen molar-refractivity contribution < 1.29 is 24.9 Å². The van der Waals surface area contributed by atoms with Crippen LogP contribution in [0.5, 0.6) is 5.75 Å². The first kappa shape index (κ1) is 18.9. The van der Waals surface area contributed by atoms with E-state index < -0.39 is 24.0 Å². The van der Waals surface area contributed by atoms with Crippen molar-refractivity contribution >= 4 is 11.9 Å². The van der Waals surface area contributed by atoms with Gasteiger partial charge in [0.2, 0.25) is 0 Å². The fourth-order valence-corrected chi connectivity index (χ4v) is 1.26. The van der Waals surface area contributed by atoms with Crippen LogP contribution in [0.1, 0.15) is 19.4 Å². The zero-order chi connectivity index (χ0) is 16.6. The number of aliphatic carboxylic acids is 2. The first-order chi connectivity index (χ1) is 9.65. The Morgan fingerprint density at radius 2 is 1.52 bits per heavy atom. The van der Waals surface area contributed by atoms with Gasteiger partial charge in [-0.15, -0.1) is 0 Å². The van der Waals surface area contributed by atoms with Crippen molar-refractivity contribution in [2.75, 3.05) is 0 Å². The molecule has 7 nitrogen and oxygen atoms in total. The lowest BCUT2D eigenvalue weighted by atomic mass is 10.1. The van der Waals surface area contributed by atoms with Crippen LogP contribution in [-0.2, 0) is 16.0 Å². The van der Waals surface area contributed by atoms with E-state index in [0.29, 0.717) is 0 Å². The van der Waals surface area contributed by atoms with Gasteiger partial charge in [0.05, 0.1) is 0 Å². The zero-order valence-electron chi connectivity index (χ0n) is 12.1. The highest BCUT2D eigenvalue weighted by molar-refractivity contribution is 5.73. The Morgan fingerprint density at radius 1 is 1.05 bits per heavy atom. The maximum atomic E-state index is 10.4. The summed E-state index contributed by atoms with van der Waals surface area (Å²) >= 11 is 0. The Morgan fingerprint density at radius 3 is 1.81 bits per heavy atom. The van der Waals surface area contributed by atoms with E-state index >= 15 is 0 Å². The van der Waals surface area contributed by atoms with Crippen molar-refractivity contribution in [3.8, 4) is 5.75 Å². The number of carboxylic acid groups (broad SMARTS) is 2. The molecule has 0 amide bonds. The third-order valence-corrected chi connectivity index (χ3v) is 2.71. The van der Waals surface area contributed by atoms with Crippen LogP contribution in [0.15, 0.2) is 24.3 Å². The SMILES string of the molecule is CC(C)C(N)C(=O)O.N[C@H](Cc1ccc(O)cc1)C(=O)O. The van der Waals surface area contributed by atoms with Gasteiger partial charge in [0.25, 0.3) is 0 Å². The molecule has 0 heterocycles. The average Bonchev–Trinajstić information content (AvgIpc) is 2.40. The Kier molecular flexibility index (Phi) is 8.03. The van der Waals surface area contributed by atoms with E-state index in [1.54, 1.807) is 26.0 Å². The van der Waals surface area contributed by atoms with Crippen LogP contribution in [0.2, 0.25) is 0 Å². The molecule has 0 aliphatic carbocycles. The zero-order valence-corrected chi connectivity index (χ0v) is 12.1. The van der Waals surface area contributed by atoms with E-state index in [4.69, 9.17) is 26.8 Å². The highest BCUT2D eigenvalue weighted by Gasteiger charge is 2.14. The standard InChI is InChI=1S/C9H11NO3.C5H11NO2/c10-8(9(12)13)5-6-1-3-7(11)4-2-6;1-3(2)4(6)5(7)8/h1-4,8,11H,5,10H2,(H,12,13);3-4H,6H2,1-2H3,(H,7,8)/t8-;/m1./s1. The molecule has 0 saturated heterocycles. The van der Waals surface area contributed by atoms with Crippen molar-refractivity contribution in [3.05, 3.63) is 29.8 Å². The number of carboxylic acids is 2. The Bertz CT molecular complexity index is 459. The molecule has 0 aliphatic rings. The highest BCUT2D eigenvalue weighted by Crippen LogP contribution is 2.10. The minimum absolute atomic E-state index is 0.0208. The molecule has 7 N–H and O–H groups in total. The van der Waals surface area contributed by atoms with Crippen LogP contribution in [0.4, 0.5) is 0 Å². The molecular formula is C14H22N2O5. The summed E-state index contributed by atoms with van der Waals surface area (Å²) in [4.78, 5) is 20.4. The monoisotopic (exact) mass is 298 g/mol. The minimum Gasteiger partial charge on any atom is -0.508 e. The van der Waals surface area contributed by atoms with E-state index in [0.717, 1.165) is 5.56 Å². The molecule has 1 unspecified atom stereocenters. The predicted molar refractivity (Wildman–Crippen MR) is 77.9 cm³/mol. The van der Waals surface area contributed by atoms with Crippen LogP contribution >= 0.6 is 0 Å². The van der Waals surface area contributed by atoms with Crippen LogP contribution < -0.4 is 11.5 Å². The molecule has 2 atom stereocenters. The number of nitrogens with two attached hydrogens (primary N) is 2. The molecule has 0 spiro atoms. The molecule has 0 radical (unpaired) electrons. The van der Waals surface area contributed by atoms with Gasteiger partial charge in [0.15, 0.2) is 0 Å². The van der Waals surface area contributed by atoms with Crippen molar-refractivity contribution in [3.63, 3.8) is 0 Å². The summed E-state index contributed by atoms with van der Waals surface area (Å²) in [5, 5.41) is 25.7. The molecule has 1 aromatic carbocycles. The number of rotatable bonds is 5. The van der Waals surface area contributed by atoms with E-state index in [1.165, 1.54) is 12.1 Å². The van der Waals surface area contributed by atoms with Gasteiger partial charge in [0, 0.05) is 0 Å². The predicted octanol–water partition coefficient (Wildman–Crippen LogP) is 0.401. The summed E-state index contributed by atoms with van der Waals surface area (Å²) in [6, 6.07) is 4.71. The number of phenols is 1. The largest absolute Gasteiger partial charge is 0.508 e. The van der Waals surface area contributed by atoms with Crippen LogP contribution in [-0.4, -0.2) is 39.3 Å². The molecular weight excluding hydrogens is 276 g/mol. The fraction of sp³-hybridized carbons (Fsp3) is 0.429. The van der Waals surface area contributed by atoms with E-state index in [1.807, 2.05) is 0 Å². The average molecular weight is 298 g/mol. The molecule has 7 heteroatoms. The van der Waals surface area contributed by atoms with Gasteiger partial charge in [-0.3, -0.25) is 9.59 Å². The third-order valence-electron chi connectivity index (χ3n) is 2.71. The lowest BCUT2D eigenvalue weighted by Crippen LogP contribution is -2.34. The number of phenolic OH excluding ortho intramolecular Hbond substituents is 1. The van der Waals surface area contributed by atoms with Gasteiger partial charge in [-0.25, -0.2) is 0 Å². The summed E-state index contributed by atoms with van der Waals surface area (Å²) in [7, 11) is 0. The van der Waals surface area contributed by atoms with Crippen LogP contribution in [0.25, 0.3) is 0 Å². The van der Waals surface area contributed by atoms with E-state index in [-0.39, 0.29) is 18.1 Å². The van der Waals surface area contributed by atoms with E-state index in [9.17, 15) is 9.59 Å². The van der Waals surface area contributed by atoms with Gasteiger partial charge in [-0.2, -0.15) is 0 Å². The molecule has 21 heavy (non-hydrogen) atoms. The normalized spacial score (nSPS) is 13.0. The highest BCUT2D eigenvalue weighted by atomic mass is 16.4. The van der Waals surface area contributed by atoms with Gasteiger partial charge >= 0.3 is 11.9 Å². The summed E-state index contributed by atoms with van der Waals surface area (Å²) in [5.74, 6) is -1.77. The van der Waals surface area contributed by atoms with Crippen molar-refractivity contribution in [1.82, 2.24) is 0 Å². The Labute approximate surface area is 123 Å². The van der Waals surface area contributed by atoms with Crippen molar-refractivity contribution in [2.24, 2.45) is 17.4 Å². The molecule has 1 aromatic rings. The Balaban J connectivity index is 0.000000433. The number of carbonyl (C=O) groups is 2. The molecule has 0 bridgehead atoms. The number of benzene rings is 1. The van der Waals surface area contributed by atoms with E-state index in [2.05, 4.69) is 0 Å². The quantitative estimate of drug-likeness (QED) is 0.528. The summed E-state index contributed by atoms with van der Waals surface area (Å²) < 4.78 is 0. The topological polar surface area (TPSA) is 147 Å². The minimum atomic E-state index is -1.02. The first-order valence-corrected chi connectivity index (χ1v) is 6.39. The maximum absolute atomic E-state index is 10.4. The number of hydrogen-bond donors (Lipinski definition) is 5. The first-order valence-electron chi connectivity index (χ1n) is 6.39. The fourth-order valence-electron chi connectivity index (χ4n) is 1.26. The molecule has 0 saturated carbocycles. The summed E-state index contributed by atoms with van der Waals surface area (Å²) in [6.07, 6.45) is 0.273. The molecule has 1 rings (SSSR count). The van der Waals surface area contributed by atoms with Gasteiger partial charge < -0.3 is 26.8 Å². The maximum Gasteiger partial charge on any atom is 0.320 e. The molecule has 0 fully saturated rings. The summed E-state index contributed by atoms with van der Waals surface area (Å²) in [5.41, 5.74) is 11.3. The van der Waals surface area contributed by atoms with Gasteiger partial charge in [0.1, 0.15) is 17.8 Å². The van der Waals surface area contributed by atoms with Crippen molar-refractivity contribution in [2.45, 2.75) is 32.4 Å². The second kappa shape index (κ2) is 8.93. The molecule has 0 aromatic heterocycles.